The van der Waals surface area contributed by atoms with Gasteiger partial charge in [0.1, 0.15) is 5.52 Å². The lowest BCUT2D eigenvalue weighted by Crippen LogP contribution is -2.09. The Balaban J connectivity index is 1.58. The van der Waals surface area contributed by atoms with Crippen molar-refractivity contribution >= 4 is 40.4 Å². The van der Waals surface area contributed by atoms with E-state index in [0.29, 0.717) is 16.6 Å². The zero-order chi connectivity index (χ0) is 21.3. The van der Waals surface area contributed by atoms with Crippen molar-refractivity contribution in [3.05, 3.63) is 87.9 Å². The standard InChI is InChI=1S/C25H21ClN2O2/c1-15-13-22-23(14-16(15)2)30-25(28-22)20-5-4-6-21(17(20)3)27-24(29)12-9-18-7-10-19(26)11-8-18/h4-14H,1-3H3,(H,27,29). The number of carbonyl (C=O) groups is 1. The van der Waals surface area contributed by atoms with Gasteiger partial charge >= 0.3 is 0 Å². The van der Waals surface area contributed by atoms with Gasteiger partial charge in [-0.1, -0.05) is 29.8 Å². The van der Waals surface area contributed by atoms with Crippen LogP contribution in [0.1, 0.15) is 22.3 Å². The number of anilines is 1. The van der Waals surface area contributed by atoms with E-state index in [1.165, 1.54) is 11.6 Å². The minimum Gasteiger partial charge on any atom is -0.436 e. The lowest BCUT2D eigenvalue weighted by Gasteiger charge is -2.09. The van der Waals surface area contributed by atoms with Crippen LogP contribution in [0.3, 0.4) is 0 Å². The molecule has 4 aromatic rings. The number of aromatic nitrogens is 1. The Hall–Kier alpha value is -3.37. The SMILES string of the molecule is Cc1cc2nc(-c3cccc(NC(=O)C=Cc4ccc(Cl)cc4)c3C)oc2cc1C. The maximum Gasteiger partial charge on any atom is 0.248 e. The van der Waals surface area contributed by atoms with Gasteiger partial charge in [-0.25, -0.2) is 4.98 Å². The molecule has 0 aliphatic carbocycles. The van der Waals surface area contributed by atoms with Gasteiger partial charge in [-0.2, -0.15) is 0 Å². The first-order valence-electron chi connectivity index (χ1n) is 9.63. The topological polar surface area (TPSA) is 55.1 Å². The smallest absolute Gasteiger partial charge is 0.248 e. The van der Waals surface area contributed by atoms with Gasteiger partial charge in [0, 0.05) is 22.3 Å². The van der Waals surface area contributed by atoms with E-state index in [-0.39, 0.29) is 5.91 Å². The Morgan fingerprint density at radius 2 is 1.77 bits per heavy atom. The third-order valence-electron chi connectivity index (χ3n) is 5.12. The van der Waals surface area contributed by atoms with Crippen LogP contribution in [-0.4, -0.2) is 10.9 Å². The Bertz CT molecular complexity index is 1230. The summed E-state index contributed by atoms with van der Waals surface area (Å²) in [6.45, 7) is 6.05. The number of nitrogens with one attached hydrogen (secondary N) is 1. The number of fused-ring (bicyclic) bond motifs is 1. The van der Waals surface area contributed by atoms with E-state index >= 15 is 0 Å². The molecule has 1 heterocycles. The van der Waals surface area contributed by atoms with Gasteiger partial charge in [0.05, 0.1) is 0 Å². The van der Waals surface area contributed by atoms with Crippen LogP contribution in [0.4, 0.5) is 5.69 Å². The van der Waals surface area contributed by atoms with Gasteiger partial charge in [0.2, 0.25) is 11.8 Å². The predicted molar refractivity (Wildman–Crippen MR) is 123 cm³/mol. The van der Waals surface area contributed by atoms with Crippen molar-refractivity contribution in [3.63, 3.8) is 0 Å². The Kier molecular flexibility index (Phi) is 5.42. The van der Waals surface area contributed by atoms with Crippen molar-refractivity contribution in [1.82, 2.24) is 4.98 Å². The third kappa shape index (κ3) is 4.14. The minimum atomic E-state index is -0.214. The Morgan fingerprint density at radius 1 is 1.03 bits per heavy atom. The number of rotatable bonds is 4. The van der Waals surface area contributed by atoms with E-state index < -0.39 is 0 Å². The van der Waals surface area contributed by atoms with Crippen molar-refractivity contribution in [2.75, 3.05) is 5.32 Å². The molecule has 0 radical (unpaired) electrons. The molecule has 0 aliphatic heterocycles. The quantitative estimate of drug-likeness (QED) is 0.375. The zero-order valence-electron chi connectivity index (χ0n) is 17.0. The molecule has 1 N–H and O–H groups in total. The molecule has 5 heteroatoms. The van der Waals surface area contributed by atoms with Crippen molar-refractivity contribution < 1.29 is 9.21 Å². The summed E-state index contributed by atoms with van der Waals surface area (Å²) in [5, 5.41) is 3.59. The summed E-state index contributed by atoms with van der Waals surface area (Å²) in [7, 11) is 0. The second-order valence-corrected chi connectivity index (χ2v) is 7.71. The van der Waals surface area contributed by atoms with Crippen LogP contribution >= 0.6 is 11.6 Å². The minimum absolute atomic E-state index is 0.214. The normalized spacial score (nSPS) is 11.3. The fraction of sp³-hybridized carbons (Fsp3) is 0.120. The summed E-state index contributed by atoms with van der Waals surface area (Å²) < 4.78 is 6.00. The summed E-state index contributed by atoms with van der Waals surface area (Å²) in [5.74, 6) is 0.328. The molecule has 1 amide bonds. The molecular formula is C25H21ClN2O2. The number of nitrogens with zero attached hydrogens (tertiary/aromatic N) is 1. The molecule has 150 valence electrons. The predicted octanol–water partition coefficient (Wildman–Crippen LogP) is 6.73. The zero-order valence-corrected chi connectivity index (χ0v) is 17.7. The first-order chi connectivity index (χ1) is 14.4. The highest BCUT2D eigenvalue weighted by Gasteiger charge is 2.14. The summed E-state index contributed by atoms with van der Waals surface area (Å²) in [4.78, 5) is 17.1. The Labute approximate surface area is 180 Å². The first kappa shape index (κ1) is 19.9. The highest BCUT2D eigenvalue weighted by Crippen LogP contribution is 2.31. The van der Waals surface area contributed by atoms with Crippen molar-refractivity contribution in [3.8, 4) is 11.5 Å². The van der Waals surface area contributed by atoms with E-state index in [9.17, 15) is 4.79 Å². The molecule has 4 nitrogen and oxygen atoms in total. The molecule has 4 rings (SSSR count). The van der Waals surface area contributed by atoms with Crippen LogP contribution in [0.2, 0.25) is 5.02 Å². The van der Waals surface area contributed by atoms with E-state index in [0.717, 1.165) is 33.4 Å². The number of aryl methyl sites for hydroxylation is 2. The number of amides is 1. The number of halogens is 1. The van der Waals surface area contributed by atoms with Gasteiger partial charge in [-0.15, -0.1) is 0 Å². The van der Waals surface area contributed by atoms with Gasteiger partial charge in [-0.3, -0.25) is 4.79 Å². The van der Waals surface area contributed by atoms with Gasteiger partial charge < -0.3 is 9.73 Å². The fourth-order valence-electron chi connectivity index (χ4n) is 3.22. The van der Waals surface area contributed by atoms with Gasteiger partial charge in [0.15, 0.2) is 5.58 Å². The van der Waals surface area contributed by atoms with E-state index in [1.807, 2.05) is 49.4 Å². The van der Waals surface area contributed by atoms with E-state index in [2.05, 4.69) is 24.1 Å². The number of benzene rings is 3. The average molecular weight is 417 g/mol. The maximum atomic E-state index is 12.4. The van der Waals surface area contributed by atoms with Gasteiger partial charge in [0.25, 0.3) is 0 Å². The molecule has 1 aromatic heterocycles. The number of hydrogen-bond acceptors (Lipinski definition) is 3. The molecule has 0 unspecified atom stereocenters. The van der Waals surface area contributed by atoms with Crippen LogP contribution < -0.4 is 5.32 Å². The lowest BCUT2D eigenvalue weighted by atomic mass is 10.1. The number of hydrogen-bond donors (Lipinski definition) is 1. The molecule has 0 spiro atoms. The average Bonchev–Trinajstić information content (AvgIpc) is 3.12. The number of oxazole rings is 1. The molecule has 0 saturated carbocycles. The molecule has 3 aromatic carbocycles. The van der Waals surface area contributed by atoms with Crippen molar-refractivity contribution in [1.29, 1.82) is 0 Å². The largest absolute Gasteiger partial charge is 0.436 e. The highest BCUT2D eigenvalue weighted by atomic mass is 35.5. The van der Waals surface area contributed by atoms with Gasteiger partial charge in [-0.05, 0) is 85.5 Å². The van der Waals surface area contributed by atoms with E-state index in [4.69, 9.17) is 16.0 Å². The first-order valence-corrected chi connectivity index (χ1v) is 10.0. The second-order valence-electron chi connectivity index (χ2n) is 7.28. The molecular weight excluding hydrogens is 396 g/mol. The third-order valence-corrected chi connectivity index (χ3v) is 5.38. The second kappa shape index (κ2) is 8.17. The monoisotopic (exact) mass is 416 g/mol. The Morgan fingerprint density at radius 3 is 2.53 bits per heavy atom. The molecule has 0 bridgehead atoms. The molecule has 0 aliphatic rings. The molecule has 0 atom stereocenters. The fourth-order valence-corrected chi connectivity index (χ4v) is 3.34. The van der Waals surface area contributed by atoms with Crippen LogP contribution in [0, 0.1) is 20.8 Å². The van der Waals surface area contributed by atoms with Crippen molar-refractivity contribution in [2.45, 2.75) is 20.8 Å². The molecule has 0 fully saturated rings. The van der Waals surface area contributed by atoms with Crippen LogP contribution in [0.25, 0.3) is 28.6 Å². The van der Waals surface area contributed by atoms with E-state index in [1.54, 1.807) is 18.2 Å². The number of carbonyl (C=O) groups excluding carboxylic acids is 1. The highest BCUT2D eigenvalue weighted by molar-refractivity contribution is 6.30. The van der Waals surface area contributed by atoms with Crippen molar-refractivity contribution in [2.24, 2.45) is 0 Å². The van der Waals surface area contributed by atoms with Crippen LogP contribution in [0.15, 0.2) is 65.1 Å². The summed E-state index contributed by atoms with van der Waals surface area (Å²) >= 11 is 5.89. The molecule has 30 heavy (non-hydrogen) atoms. The summed E-state index contributed by atoms with van der Waals surface area (Å²) in [6, 6.07) is 17.0. The lowest BCUT2D eigenvalue weighted by molar-refractivity contribution is -0.111. The summed E-state index contributed by atoms with van der Waals surface area (Å²) in [5.41, 5.74) is 7.28. The van der Waals surface area contributed by atoms with Crippen LogP contribution in [-0.2, 0) is 4.79 Å². The maximum absolute atomic E-state index is 12.4. The summed E-state index contributed by atoms with van der Waals surface area (Å²) in [6.07, 6.45) is 3.25. The van der Waals surface area contributed by atoms with Crippen LogP contribution in [0.5, 0.6) is 0 Å². The molecule has 0 saturated heterocycles.